The van der Waals surface area contributed by atoms with E-state index in [4.69, 9.17) is 5.73 Å². The predicted octanol–water partition coefficient (Wildman–Crippen LogP) is 1.84. The predicted molar refractivity (Wildman–Crippen MR) is 55.3 cm³/mol. The first-order chi connectivity index (χ1) is 5.40. The normalized spacial score (nSPS) is 13.0. The molecule has 0 aliphatic carbocycles. The molecule has 0 saturated heterocycles. The second-order valence-electron chi connectivity index (χ2n) is 4.37. The van der Waals surface area contributed by atoms with E-state index in [1.807, 2.05) is 0 Å². The van der Waals surface area contributed by atoms with Crippen molar-refractivity contribution in [3.05, 3.63) is 0 Å². The molecule has 0 spiro atoms. The maximum Gasteiger partial charge on any atom is 0.0226 e. The van der Waals surface area contributed by atoms with E-state index in [0.717, 1.165) is 6.54 Å². The van der Waals surface area contributed by atoms with Crippen molar-refractivity contribution in [3.8, 4) is 0 Å². The van der Waals surface area contributed by atoms with Gasteiger partial charge in [0, 0.05) is 18.1 Å². The summed E-state index contributed by atoms with van der Waals surface area (Å²) >= 11 is 0. The molecule has 0 heterocycles. The molecule has 0 aliphatic rings. The lowest BCUT2D eigenvalue weighted by atomic mass is 10.0. The lowest BCUT2D eigenvalue weighted by molar-refractivity contribution is 0.192. The molecule has 12 heavy (non-hydrogen) atoms. The van der Waals surface area contributed by atoms with Crippen LogP contribution in [0.25, 0.3) is 0 Å². The molecule has 0 atom stereocenters. The van der Waals surface area contributed by atoms with E-state index >= 15 is 0 Å². The van der Waals surface area contributed by atoms with E-state index in [1.54, 1.807) is 0 Å². The summed E-state index contributed by atoms with van der Waals surface area (Å²) < 4.78 is 0. The van der Waals surface area contributed by atoms with Crippen LogP contribution < -0.4 is 5.73 Å². The minimum absolute atomic E-state index is 0.0721. The molecule has 2 N–H and O–H groups in total. The second-order valence-corrected chi connectivity index (χ2v) is 4.37. The van der Waals surface area contributed by atoms with Crippen LogP contribution >= 0.6 is 0 Å². The smallest absolute Gasteiger partial charge is 0.0226 e. The van der Waals surface area contributed by atoms with Crippen molar-refractivity contribution < 1.29 is 0 Å². The SMILES string of the molecule is CCC(CC)N(C)CC(C)(C)N. The summed E-state index contributed by atoms with van der Waals surface area (Å²) in [6.07, 6.45) is 2.42. The minimum atomic E-state index is -0.0721. The van der Waals surface area contributed by atoms with Crippen molar-refractivity contribution in [2.24, 2.45) is 5.73 Å². The first kappa shape index (κ1) is 11.9. The average molecular weight is 172 g/mol. The summed E-state index contributed by atoms with van der Waals surface area (Å²) in [4.78, 5) is 2.36. The molecule has 0 aromatic carbocycles. The fourth-order valence-corrected chi connectivity index (χ4v) is 1.68. The highest BCUT2D eigenvalue weighted by Gasteiger charge is 2.18. The molecule has 0 bridgehead atoms. The fraction of sp³-hybridized carbons (Fsp3) is 1.00. The highest BCUT2D eigenvalue weighted by molar-refractivity contribution is 4.78. The number of nitrogens with zero attached hydrogens (tertiary/aromatic N) is 1. The van der Waals surface area contributed by atoms with Crippen molar-refractivity contribution in [1.82, 2.24) is 4.90 Å². The maximum absolute atomic E-state index is 5.94. The molecule has 0 amide bonds. The lowest BCUT2D eigenvalue weighted by Crippen LogP contribution is -2.47. The third kappa shape index (κ3) is 4.73. The Morgan fingerprint density at radius 2 is 1.67 bits per heavy atom. The van der Waals surface area contributed by atoms with Gasteiger partial charge in [-0.3, -0.25) is 0 Å². The number of hydrogen-bond donors (Lipinski definition) is 1. The molecule has 0 aliphatic heterocycles. The molecule has 2 heteroatoms. The Morgan fingerprint density at radius 1 is 1.25 bits per heavy atom. The van der Waals surface area contributed by atoms with Crippen LogP contribution in [0, 0.1) is 0 Å². The summed E-state index contributed by atoms with van der Waals surface area (Å²) in [6.45, 7) is 9.58. The summed E-state index contributed by atoms with van der Waals surface area (Å²) in [5, 5.41) is 0. The van der Waals surface area contributed by atoms with Crippen molar-refractivity contribution >= 4 is 0 Å². The first-order valence-corrected chi connectivity index (χ1v) is 4.89. The molecule has 0 aromatic heterocycles. The number of rotatable bonds is 5. The van der Waals surface area contributed by atoms with Gasteiger partial charge in [0.05, 0.1) is 0 Å². The fourth-order valence-electron chi connectivity index (χ4n) is 1.68. The van der Waals surface area contributed by atoms with Gasteiger partial charge in [0.25, 0.3) is 0 Å². The maximum atomic E-state index is 5.94. The van der Waals surface area contributed by atoms with Gasteiger partial charge in [-0.1, -0.05) is 13.8 Å². The Morgan fingerprint density at radius 3 is 1.92 bits per heavy atom. The van der Waals surface area contributed by atoms with Crippen molar-refractivity contribution in [3.63, 3.8) is 0 Å². The summed E-state index contributed by atoms with van der Waals surface area (Å²) in [6, 6.07) is 0.688. The molecule has 74 valence electrons. The van der Waals surface area contributed by atoms with Gasteiger partial charge < -0.3 is 10.6 Å². The van der Waals surface area contributed by atoms with Gasteiger partial charge in [0.15, 0.2) is 0 Å². The summed E-state index contributed by atoms with van der Waals surface area (Å²) in [5.74, 6) is 0. The Balaban J connectivity index is 3.92. The lowest BCUT2D eigenvalue weighted by Gasteiger charge is -2.32. The molecule has 0 saturated carbocycles. The van der Waals surface area contributed by atoms with Gasteiger partial charge in [-0.05, 0) is 33.7 Å². The molecule has 0 fully saturated rings. The van der Waals surface area contributed by atoms with Crippen LogP contribution in [0.15, 0.2) is 0 Å². The van der Waals surface area contributed by atoms with Gasteiger partial charge in [0.1, 0.15) is 0 Å². The first-order valence-electron chi connectivity index (χ1n) is 4.89. The largest absolute Gasteiger partial charge is 0.324 e. The average Bonchev–Trinajstić information content (AvgIpc) is 1.85. The van der Waals surface area contributed by atoms with E-state index in [0.29, 0.717) is 6.04 Å². The van der Waals surface area contributed by atoms with Gasteiger partial charge >= 0.3 is 0 Å². The van der Waals surface area contributed by atoms with Gasteiger partial charge in [-0.25, -0.2) is 0 Å². The highest BCUT2D eigenvalue weighted by Crippen LogP contribution is 2.09. The molecular formula is C10H24N2. The second kappa shape index (κ2) is 4.83. The quantitative estimate of drug-likeness (QED) is 0.685. The zero-order valence-corrected chi connectivity index (χ0v) is 9.22. The molecule has 2 nitrogen and oxygen atoms in total. The van der Waals surface area contributed by atoms with Crippen LogP contribution in [0.4, 0.5) is 0 Å². The molecule has 0 aromatic rings. The monoisotopic (exact) mass is 172 g/mol. The molecular weight excluding hydrogens is 148 g/mol. The van der Waals surface area contributed by atoms with Crippen LogP contribution in [0.1, 0.15) is 40.5 Å². The van der Waals surface area contributed by atoms with E-state index in [2.05, 4.69) is 39.6 Å². The summed E-state index contributed by atoms with van der Waals surface area (Å²) in [5.41, 5.74) is 5.87. The van der Waals surface area contributed by atoms with Crippen LogP contribution in [-0.2, 0) is 0 Å². The van der Waals surface area contributed by atoms with Crippen molar-refractivity contribution in [2.75, 3.05) is 13.6 Å². The Bertz CT molecular complexity index is 111. The topological polar surface area (TPSA) is 29.3 Å². The minimum Gasteiger partial charge on any atom is -0.324 e. The van der Waals surface area contributed by atoms with E-state index in [9.17, 15) is 0 Å². The number of hydrogen-bond acceptors (Lipinski definition) is 2. The summed E-state index contributed by atoms with van der Waals surface area (Å²) in [7, 11) is 2.16. The Kier molecular flexibility index (Phi) is 4.80. The highest BCUT2D eigenvalue weighted by atomic mass is 15.1. The van der Waals surface area contributed by atoms with Crippen LogP contribution in [-0.4, -0.2) is 30.1 Å². The standard InChI is InChI=1S/C10H24N2/c1-6-9(7-2)12(5)8-10(3,4)11/h9H,6-8,11H2,1-5H3. The zero-order valence-electron chi connectivity index (χ0n) is 9.22. The van der Waals surface area contributed by atoms with E-state index < -0.39 is 0 Å². The Hall–Kier alpha value is -0.0800. The van der Waals surface area contributed by atoms with Gasteiger partial charge in [0.2, 0.25) is 0 Å². The van der Waals surface area contributed by atoms with Crippen molar-refractivity contribution in [2.45, 2.75) is 52.1 Å². The van der Waals surface area contributed by atoms with E-state index in [1.165, 1.54) is 12.8 Å². The van der Waals surface area contributed by atoms with E-state index in [-0.39, 0.29) is 5.54 Å². The van der Waals surface area contributed by atoms with Crippen LogP contribution in [0.3, 0.4) is 0 Å². The molecule has 0 unspecified atom stereocenters. The molecule has 0 rings (SSSR count). The Labute approximate surface area is 77.1 Å². The number of likely N-dealkylation sites (N-methyl/N-ethyl adjacent to an activating group) is 1. The van der Waals surface area contributed by atoms with Crippen molar-refractivity contribution in [1.29, 1.82) is 0 Å². The van der Waals surface area contributed by atoms with Gasteiger partial charge in [-0.15, -0.1) is 0 Å². The zero-order chi connectivity index (χ0) is 9.78. The third-order valence-electron chi connectivity index (χ3n) is 2.22. The third-order valence-corrected chi connectivity index (χ3v) is 2.22. The van der Waals surface area contributed by atoms with Crippen LogP contribution in [0.5, 0.6) is 0 Å². The van der Waals surface area contributed by atoms with Gasteiger partial charge in [-0.2, -0.15) is 0 Å². The van der Waals surface area contributed by atoms with Crippen LogP contribution in [0.2, 0.25) is 0 Å². The molecule has 0 radical (unpaired) electrons. The number of nitrogens with two attached hydrogens (primary N) is 1.